The molecule has 0 unspecified atom stereocenters. The quantitative estimate of drug-likeness (QED) is 0.388. The van der Waals surface area contributed by atoms with Crippen LogP contribution < -0.4 is 21.9 Å². The molecule has 1 aromatic heterocycles. The van der Waals surface area contributed by atoms with E-state index in [0.29, 0.717) is 11.1 Å². The van der Waals surface area contributed by atoms with Crippen molar-refractivity contribution in [1.29, 1.82) is 0 Å². The standard InChI is InChI=1S/C25H29FN6O6/c1-13-10-14(4-5-15(13)26)11-28-18(34)16-17(33)20(36)32-12-24(22(27)38)6-8-25(9-7-24,23(32)29-16)30-19(35)21(37)31(2)3/h4-5,10,33H,6-9,11-12H2,1-3H3,(H2,27,38)(H,28,34)(H,30,35). The van der Waals surface area contributed by atoms with Gasteiger partial charge in [0.1, 0.15) is 11.6 Å². The number of nitrogens with one attached hydrogen (secondary N) is 2. The number of amides is 4. The fourth-order valence-electron chi connectivity index (χ4n) is 5.12. The number of likely N-dealkylation sites (N-methyl/N-ethyl adjacent to an activating group) is 1. The van der Waals surface area contributed by atoms with Crippen LogP contribution in [0.15, 0.2) is 23.0 Å². The highest BCUT2D eigenvalue weighted by Crippen LogP contribution is 2.49. The van der Waals surface area contributed by atoms with Crippen molar-refractivity contribution < 1.29 is 28.7 Å². The van der Waals surface area contributed by atoms with E-state index in [1.54, 1.807) is 13.0 Å². The van der Waals surface area contributed by atoms with Crippen molar-refractivity contribution in [3.05, 3.63) is 57.0 Å². The maximum Gasteiger partial charge on any atom is 0.311 e. The number of nitrogens with two attached hydrogens (primary N) is 1. The minimum Gasteiger partial charge on any atom is -0.501 e. The molecule has 1 saturated carbocycles. The minimum absolute atomic E-state index is 0.0382. The van der Waals surface area contributed by atoms with Gasteiger partial charge in [-0.1, -0.05) is 12.1 Å². The van der Waals surface area contributed by atoms with Crippen molar-refractivity contribution in [3.63, 3.8) is 0 Å². The summed E-state index contributed by atoms with van der Waals surface area (Å²) in [7, 11) is 2.82. The summed E-state index contributed by atoms with van der Waals surface area (Å²) in [4.78, 5) is 69.3. The fraction of sp³-hybridized carbons (Fsp3) is 0.440. The fourth-order valence-corrected chi connectivity index (χ4v) is 5.12. The normalized spacial score (nSPS) is 21.7. The van der Waals surface area contributed by atoms with E-state index in [1.807, 2.05) is 0 Å². The lowest BCUT2D eigenvalue weighted by atomic mass is 9.68. The molecule has 1 fully saturated rings. The summed E-state index contributed by atoms with van der Waals surface area (Å²) < 4.78 is 14.6. The number of hydrogen-bond acceptors (Lipinski definition) is 7. The van der Waals surface area contributed by atoms with Gasteiger partial charge in [-0.25, -0.2) is 9.37 Å². The molecule has 13 heteroatoms. The number of nitrogens with zero attached hydrogens (tertiary/aromatic N) is 3. The number of aryl methyl sites for hydroxylation is 1. The molecule has 3 heterocycles. The number of aromatic nitrogens is 2. The molecule has 38 heavy (non-hydrogen) atoms. The van der Waals surface area contributed by atoms with Crippen molar-refractivity contribution in [1.82, 2.24) is 25.1 Å². The third-order valence-corrected chi connectivity index (χ3v) is 7.46. The van der Waals surface area contributed by atoms with Crippen molar-refractivity contribution in [2.45, 2.75) is 51.2 Å². The molecule has 5 rings (SSSR count). The van der Waals surface area contributed by atoms with E-state index >= 15 is 0 Å². The van der Waals surface area contributed by atoms with Gasteiger partial charge < -0.3 is 26.4 Å². The third-order valence-electron chi connectivity index (χ3n) is 7.46. The van der Waals surface area contributed by atoms with E-state index in [1.165, 1.54) is 26.2 Å². The average Bonchev–Trinajstić information content (AvgIpc) is 3.10. The van der Waals surface area contributed by atoms with Crippen molar-refractivity contribution in [3.8, 4) is 5.75 Å². The molecule has 0 radical (unpaired) electrons. The smallest absolute Gasteiger partial charge is 0.311 e. The molecule has 2 aliphatic heterocycles. The Balaban J connectivity index is 1.77. The molecule has 12 nitrogen and oxygen atoms in total. The van der Waals surface area contributed by atoms with E-state index in [-0.39, 0.29) is 44.6 Å². The Bertz CT molecular complexity index is 1410. The number of primary amides is 1. The summed E-state index contributed by atoms with van der Waals surface area (Å²) in [5, 5.41) is 15.9. The summed E-state index contributed by atoms with van der Waals surface area (Å²) in [6.45, 7) is 1.33. The van der Waals surface area contributed by atoms with Crippen LogP contribution in [0.25, 0.3) is 0 Å². The zero-order chi connectivity index (χ0) is 28.0. The van der Waals surface area contributed by atoms with Crippen molar-refractivity contribution >= 4 is 23.6 Å². The summed E-state index contributed by atoms with van der Waals surface area (Å²) in [6.07, 6.45) is 0.618. The van der Waals surface area contributed by atoms with Gasteiger partial charge in [-0.05, 0) is 49.8 Å². The summed E-state index contributed by atoms with van der Waals surface area (Å²) in [5.74, 6) is -4.69. The molecule has 202 valence electrons. The van der Waals surface area contributed by atoms with E-state index in [4.69, 9.17) is 5.73 Å². The van der Waals surface area contributed by atoms with Gasteiger partial charge >= 0.3 is 11.8 Å². The minimum atomic E-state index is -1.37. The molecule has 5 N–H and O–H groups in total. The van der Waals surface area contributed by atoms with Crippen LogP contribution in [0.1, 0.15) is 53.1 Å². The first-order chi connectivity index (χ1) is 17.8. The number of benzene rings is 1. The maximum absolute atomic E-state index is 13.6. The van der Waals surface area contributed by atoms with Crippen LogP contribution in [-0.2, 0) is 33.0 Å². The maximum atomic E-state index is 13.6. The molecule has 0 saturated heterocycles. The zero-order valence-corrected chi connectivity index (χ0v) is 21.3. The zero-order valence-electron chi connectivity index (χ0n) is 21.3. The van der Waals surface area contributed by atoms with Crippen molar-refractivity contribution in [2.24, 2.45) is 11.1 Å². The van der Waals surface area contributed by atoms with Gasteiger partial charge in [0.05, 0.1) is 11.0 Å². The van der Waals surface area contributed by atoms with Gasteiger partial charge in [-0.2, -0.15) is 0 Å². The highest BCUT2D eigenvalue weighted by Gasteiger charge is 2.54. The van der Waals surface area contributed by atoms with E-state index in [2.05, 4.69) is 15.6 Å². The summed E-state index contributed by atoms with van der Waals surface area (Å²) in [5.41, 5.74) is 2.61. The second-order valence-corrected chi connectivity index (χ2v) is 10.2. The van der Waals surface area contributed by atoms with Crippen LogP contribution in [-0.4, -0.2) is 57.3 Å². The van der Waals surface area contributed by atoms with Crippen LogP contribution in [0, 0.1) is 18.2 Å². The molecular formula is C25H29FN6O6. The monoisotopic (exact) mass is 528 g/mol. The Morgan fingerprint density at radius 3 is 2.42 bits per heavy atom. The molecule has 1 aliphatic carbocycles. The number of carbonyl (C=O) groups excluding carboxylic acids is 4. The molecule has 4 amide bonds. The average molecular weight is 529 g/mol. The van der Waals surface area contributed by atoms with Crippen LogP contribution in [0.5, 0.6) is 5.75 Å². The second kappa shape index (κ2) is 9.54. The first-order valence-corrected chi connectivity index (χ1v) is 12.0. The van der Waals surface area contributed by atoms with Gasteiger partial charge in [0.15, 0.2) is 5.69 Å². The number of rotatable bonds is 5. The Labute approximate surface area is 217 Å². The number of carbonyl (C=O) groups is 4. The van der Waals surface area contributed by atoms with E-state index in [9.17, 15) is 33.5 Å². The van der Waals surface area contributed by atoms with Gasteiger partial charge in [0, 0.05) is 27.2 Å². The topological polar surface area (TPSA) is 177 Å². The van der Waals surface area contributed by atoms with Crippen LogP contribution in [0.4, 0.5) is 4.39 Å². The number of aromatic hydroxyl groups is 1. The van der Waals surface area contributed by atoms with Crippen LogP contribution in [0.3, 0.4) is 0 Å². The second-order valence-electron chi connectivity index (χ2n) is 10.2. The SMILES string of the molecule is Cc1cc(CNC(=O)c2nc3n(c(=O)c2O)CC2(C(N)=O)CCC3(NC(=O)C(=O)N(C)C)CC2)ccc1F. The molecule has 3 aliphatic rings. The largest absolute Gasteiger partial charge is 0.501 e. The van der Waals surface area contributed by atoms with Crippen LogP contribution >= 0.6 is 0 Å². The Hall–Kier alpha value is -4.29. The summed E-state index contributed by atoms with van der Waals surface area (Å²) in [6, 6.07) is 4.28. The Morgan fingerprint density at radius 2 is 1.84 bits per heavy atom. The lowest BCUT2D eigenvalue weighted by Crippen LogP contribution is -2.54. The lowest BCUT2D eigenvalue weighted by molar-refractivity contribution is -0.146. The van der Waals surface area contributed by atoms with Gasteiger partial charge in [0.2, 0.25) is 11.7 Å². The van der Waals surface area contributed by atoms with Gasteiger partial charge in [0.25, 0.3) is 11.5 Å². The molecular weight excluding hydrogens is 499 g/mol. The highest BCUT2D eigenvalue weighted by molar-refractivity contribution is 6.35. The first kappa shape index (κ1) is 26.8. The first-order valence-electron chi connectivity index (χ1n) is 12.0. The number of hydrogen-bond donors (Lipinski definition) is 4. The Morgan fingerprint density at radius 1 is 1.18 bits per heavy atom. The predicted octanol–water partition coefficient (Wildman–Crippen LogP) is -0.215. The van der Waals surface area contributed by atoms with Gasteiger partial charge in [-0.3, -0.25) is 28.5 Å². The van der Waals surface area contributed by atoms with E-state index < -0.39 is 57.4 Å². The molecule has 0 atom stereocenters. The third kappa shape index (κ3) is 4.48. The number of fused-ring (bicyclic) bond motifs is 2. The molecule has 1 aromatic carbocycles. The highest BCUT2D eigenvalue weighted by atomic mass is 19.1. The number of halogens is 1. The van der Waals surface area contributed by atoms with Crippen molar-refractivity contribution in [2.75, 3.05) is 14.1 Å². The van der Waals surface area contributed by atoms with E-state index in [0.717, 1.165) is 9.47 Å². The molecule has 0 spiro atoms. The lowest BCUT2D eigenvalue weighted by Gasteiger charge is -2.40. The molecule has 2 aromatic rings. The predicted molar refractivity (Wildman–Crippen MR) is 131 cm³/mol. The summed E-state index contributed by atoms with van der Waals surface area (Å²) >= 11 is 0. The van der Waals surface area contributed by atoms with Crippen LogP contribution in [0.2, 0.25) is 0 Å². The molecule has 2 bridgehead atoms. The Kier molecular flexibility index (Phi) is 6.72. The van der Waals surface area contributed by atoms with Gasteiger partial charge in [-0.15, -0.1) is 0 Å².